The van der Waals surface area contributed by atoms with Crippen LogP contribution < -0.4 is 10.1 Å². The average Bonchev–Trinajstić information content (AvgIpc) is 2.55. The van der Waals surface area contributed by atoms with E-state index in [0.29, 0.717) is 17.6 Å². The molecule has 0 saturated heterocycles. The Balaban J connectivity index is 2.08. The van der Waals surface area contributed by atoms with E-state index in [-0.39, 0.29) is 5.69 Å². The molecular formula is C17H14F3NO3. The number of hydrogen-bond acceptors (Lipinski definition) is 3. The molecule has 0 heterocycles. The number of nitrogens with one attached hydrogen (secondary N) is 1. The number of ether oxygens (including phenoxy) is 1. The van der Waals surface area contributed by atoms with Gasteiger partial charge in [0.15, 0.2) is 6.10 Å². The number of alkyl halides is 3. The molecule has 1 unspecified atom stereocenters. The zero-order valence-electron chi connectivity index (χ0n) is 12.6. The molecule has 126 valence electrons. The molecule has 0 saturated carbocycles. The third-order valence-corrected chi connectivity index (χ3v) is 3.19. The number of para-hydroxylation sites is 1. The Kier molecular flexibility index (Phi) is 5.23. The van der Waals surface area contributed by atoms with E-state index in [1.165, 1.54) is 49.4 Å². The zero-order chi connectivity index (χ0) is 17.7. The number of anilines is 1. The van der Waals surface area contributed by atoms with Crippen LogP contribution in [0.5, 0.6) is 5.75 Å². The standard InChI is InChI=1S/C17H14F3NO3/c1-11(24-13-8-6-12(10-22)7-9-13)16(23)21-15-5-3-2-4-14(15)17(18,19)20/h2-11H,1H3,(H,21,23). The van der Waals surface area contributed by atoms with Crippen molar-refractivity contribution in [2.24, 2.45) is 0 Å². The topological polar surface area (TPSA) is 55.4 Å². The molecule has 0 aliphatic rings. The van der Waals surface area contributed by atoms with Gasteiger partial charge in [-0.25, -0.2) is 0 Å². The molecule has 4 nitrogen and oxygen atoms in total. The molecule has 0 aliphatic heterocycles. The minimum absolute atomic E-state index is 0.326. The first-order valence-electron chi connectivity index (χ1n) is 7.00. The molecule has 0 spiro atoms. The highest BCUT2D eigenvalue weighted by molar-refractivity contribution is 5.94. The molecule has 1 atom stereocenters. The molecule has 0 aromatic heterocycles. The monoisotopic (exact) mass is 337 g/mol. The fourth-order valence-corrected chi connectivity index (χ4v) is 1.96. The van der Waals surface area contributed by atoms with Gasteiger partial charge in [0.05, 0.1) is 11.3 Å². The Morgan fingerprint density at radius 1 is 1.12 bits per heavy atom. The van der Waals surface area contributed by atoms with Crippen molar-refractivity contribution in [3.8, 4) is 5.75 Å². The molecule has 0 aliphatic carbocycles. The van der Waals surface area contributed by atoms with E-state index in [1.54, 1.807) is 0 Å². The summed E-state index contributed by atoms with van der Waals surface area (Å²) in [6.07, 6.45) is -4.93. The summed E-state index contributed by atoms with van der Waals surface area (Å²) in [4.78, 5) is 22.6. The molecule has 0 radical (unpaired) electrons. The van der Waals surface area contributed by atoms with Crippen molar-refractivity contribution < 1.29 is 27.5 Å². The van der Waals surface area contributed by atoms with E-state index in [1.807, 2.05) is 0 Å². The highest BCUT2D eigenvalue weighted by Crippen LogP contribution is 2.34. The van der Waals surface area contributed by atoms with E-state index in [0.717, 1.165) is 6.07 Å². The maximum atomic E-state index is 12.9. The molecule has 2 aromatic rings. The summed E-state index contributed by atoms with van der Waals surface area (Å²) in [6.45, 7) is 1.42. The Morgan fingerprint density at radius 2 is 1.75 bits per heavy atom. The lowest BCUT2D eigenvalue weighted by Gasteiger charge is -2.17. The predicted molar refractivity (Wildman–Crippen MR) is 82.0 cm³/mol. The SMILES string of the molecule is CC(Oc1ccc(C=O)cc1)C(=O)Nc1ccccc1C(F)(F)F. The minimum atomic E-state index is -4.57. The van der Waals surface area contributed by atoms with Crippen LogP contribution in [0.3, 0.4) is 0 Å². The van der Waals surface area contributed by atoms with Gasteiger partial charge in [0.2, 0.25) is 0 Å². The second kappa shape index (κ2) is 7.16. The van der Waals surface area contributed by atoms with Crippen molar-refractivity contribution in [3.05, 3.63) is 59.7 Å². The number of carbonyl (C=O) groups is 2. The van der Waals surface area contributed by atoms with Gasteiger partial charge in [-0.1, -0.05) is 12.1 Å². The summed E-state index contributed by atoms with van der Waals surface area (Å²) in [5.41, 5.74) is -0.818. The molecule has 0 fully saturated rings. The van der Waals surface area contributed by atoms with Gasteiger partial charge in [-0.2, -0.15) is 13.2 Å². The largest absolute Gasteiger partial charge is 0.481 e. The third-order valence-electron chi connectivity index (χ3n) is 3.19. The van der Waals surface area contributed by atoms with E-state index >= 15 is 0 Å². The van der Waals surface area contributed by atoms with Gasteiger partial charge in [0.1, 0.15) is 12.0 Å². The lowest BCUT2D eigenvalue weighted by molar-refractivity contribution is -0.137. The molecule has 24 heavy (non-hydrogen) atoms. The zero-order valence-corrected chi connectivity index (χ0v) is 12.6. The number of hydrogen-bond donors (Lipinski definition) is 1. The first kappa shape index (κ1) is 17.5. The minimum Gasteiger partial charge on any atom is -0.481 e. The summed E-state index contributed by atoms with van der Waals surface area (Å²) >= 11 is 0. The van der Waals surface area contributed by atoms with Gasteiger partial charge >= 0.3 is 6.18 Å². The number of rotatable bonds is 5. The van der Waals surface area contributed by atoms with Crippen LogP contribution in [-0.2, 0) is 11.0 Å². The maximum absolute atomic E-state index is 12.9. The van der Waals surface area contributed by atoms with Gasteiger partial charge in [0.25, 0.3) is 5.91 Å². The Labute approximate surface area is 136 Å². The molecular weight excluding hydrogens is 323 g/mol. The Morgan fingerprint density at radius 3 is 2.33 bits per heavy atom. The highest BCUT2D eigenvalue weighted by Gasteiger charge is 2.33. The number of aldehydes is 1. The van der Waals surface area contributed by atoms with Gasteiger partial charge in [-0.05, 0) is 43.3 Å². The normalized spacial score (nSPS) is 12.3. The number of benzene rings is 2. The van der Waals surface area contributed by atoms with E-state index in [4.69, 9.17) is 4.74 Å². The van der Waals surface area contributed by atoms with Crippen LogP contribution >= 0.6 is 0 Å². The average molecular weight is 337 g/mol. The Hall–Kier alpha value is -2.83. The lowest BCUT2D eigenvalue weighted by Crippen LogP contribution is -2.31. The molecule has 2 rings (SSSR count). The number of amides is 1. The smallest absolute Gasteiger partial charge is 0.418 e. The van der Waals surface area contributed by atoms with Crippen LogP contribution in [0, 0.1) is 0 Å². The first-order valence-corrected chi connectivity index (χ1v) is 7.00. The van der Waals surface area contributed by atoms with Crippen molar-refractivity contribution >= 4 is 17.9 Å². The van der Waals surface area contributed by atoms with Gasteiger partial charge in [0, 0.05) is 5.56 Å². The lowest BCUT2D eigenvalue weighted by atomic mass is 10.1. The molecule has 2 aromatic carbocycles. The second-order valence-corrected chi connectivity index (χ2v) is 4.98. The van der Waals surface area contributed by atoms with Gasteiger partial charge in [-0.3, -0.25) is 9.59 Å². The van der Waals surface area contributed by atoms with Crippen molar-refractivity contribution in [1.82, 2.24) is 0 Å². The third kappa shape index (κ3) is 4.34. The maximum Gasteiger partial charge on any atom is 0.418 e. The van der Waals surface area contributed by atoms with Crippen LogP contribution in [-0.4, -0.2) is 18.3 Å². The van der Waals surface area contributed by atoms with Gasteiger partial charge in [-0.15, -0.1) is 0 Å². The quantitative estimate of drug-likeness (QED) is 0.841. The van der Waals surface area contributed by atoms with Crippen LogP contribution in [0.1, 0.15) is 22.8 Å². The summed E-state index contributed by atoms with van der Waals surface area (Å²) < 4.78 is 44.1. The van der Waals surface area contributed by atoms with Crippen molar-refractivity contribution in [2.45, 2.75) is 19.2 Å². The summed E-state index contributed by atoms with van der Waals surface area (Å²) in [5, 5.41) is 2.22. The van der Waals surface area contributed by atoms with Crippen molar-refractivity contribution in [2.75, 3.05) is 5.32 Å². The number of carbonyl (C=O) groups excluding carboxylic acids is 2. The second-order valence-electron chi connectivity index (χ2n) is 4.98. The van der Waals surface area contributed by atoms with E-state index < -0.39 is 23.8 Å². The van der Waals surface area contributed by atoms with Crippen molar-refractivity contribution in [1.29, 1.82) is 0 Å². The van der Waals surface area contributed by atoms with Crippen LogP contribution in [0.2, 0.25) is 0 Å². The summed E-state index contributed by atoms with van der Waals surface area (Å²) in [5.74, 6) is -0.390. The molecule has 0 bridgehead atoms. The summed E-state index contributed by atoms with van der Waals surface area (Å²) in [7, 11) is 0. The van der Waals surface area contributed by atoms with Crippen LogP contribution in [0.25, 0.3) is 0 Å². The fraction of sp³-hybridized carbons (Fsp3) is 0.176. The van der Waals surface area contributed by atoms with E-state index in [9.17, 15) is 22.8 Å². The highest BCUT2D eigenvalue weighted by atomic mass is 19.4. The summed E-state index contributed by atoms with van der Waals surface area (Å²) in [6, 6.07) is 10.7. The Bertz CT molecular complexity index is 727. The molecule has 1 N–H and O–H groups in total. The molecule has 7 heteroatoms. The van der Waals surface area contributed by atoms with E-state index in [2.05, 4.69) is 5.32 Å². The van der Waals surface area contributed by atoms with Gasteiger partial charge < -0.3 is 10.1 Å². The van der Waals surface area contributed by atoms with Crippen LogP contribution in [0.15, 0.2) is 48.5 Å². The van der Waals surface area contributed by atoms with Crippen LogP contribution in [0.4, 0.5) is 18.9 Å². The van der Waals surface area contributed by atoms with Crippen molar-refractivity contribution in [3.63, 3.8) is 0 Å². The fourth-order valence-electron chi connectivity index (χ4n) is 1.96. The first-order chi connectivity index (χ1) is 11.3. The molecule has 1 amide bonds. The number of halogens is 3. The predicted octanol–water partition coefficient (Wildman–Crippen LogP) is 3.92.